The van der Waals surface area contributed by atoms with Crippen LogP contribution in [0, 0.1) is 12.8 Å². The van der Waals surface area contributed by atoms with Crippen molar-refractivity contribution in [2.24, 2.45) is 11.0 Å². The van der Waals surface area contributed by atoms with E-state index < -0.39 is 0 Å². The number of aryl methyl sites for hydroxylation is 1. The lowest BCUT2D eigenvalue weighted by atomic mass is 10.1. The number of carbonyl (C=O) groups is 1. The van der Waals surface area contributed by atoms with Gasteiger partial charge >= 0.3 is 0 Å². The van der Waals surface area contributed by atoms with Crippen molar-refractivity contribution in [2.75, 3.05) is 0 Å². The minimum Gasteiger partial charge on any atom is -0.267 e. The fourth-order valence-electron chi connectivity index (χ4n) is 1.55. The van der Waals surface area contributed by atoms with Crippen LogP contribution < -0.4 is 5.43 Å². The first kappa shape index (κ1) is 13.4. The Hall–Kier alpha value is -1.64. The van der Waals surface area contributed by atoms with Gasteiger partial charge in [0.25, 0.3) is 5.91 Å². The maximum absolute atomic E-state index is 11.7. The number of carbonyl (C=O) groups excluding carboxylic acids is 1. The number of hydrogen-bond acceptors (Lipinski definition) is 2. The predicted molar refractivity (Wildman–Crippen MR) is 71.2 cm³/mol. The van der Waals surface area contributed by atoms with Gasteiger partial charge in [-0.2, -0.15) is 5.10 Å². The Balaban J connectivity index is 2.58. The normalized spacial score (nSPS) is 11.7. The van der Waals surface area contributed by atoms with Crippen LogP contribution in [0.3, 0.4) is 0 Å². The van der Waals surface area contributed by atoms with E-state index in [0.29, 0.717) is 11.5 Å². The van der Waals surface area contributed by atoms with Gasteiger partial charge in [0, 0.05) is 11.3 Å². The van der Waals surface area contributed by atoms with Crippen LogP contribution in [0.25, 0.3) is 0 Å². The number of nitrogens with zero attached hydrogens (tertiary/aromatic N) is 1. The largest absolute Gasteiger partial charge is 0.271 e. The van der Waals surface area contributed by atoms with Gasteiger partial charge in [0.1, 0.15) is 0 Å². The zero-order chi connectivity index (χ0) is 12.8. The van der Waals surface area contributed by atoms with Gasteiger partial charge in [-0.25, -0.2) is 5.43 Å². The predicted octanol–water partition coefficient (Wildman–Crippen LogP) is 3.15. The van der Waals surface area contributed by atoms with Crippen LogP contribution in [0.2, 0.25) is 0 Å². The van der Waals surface area contributed by atoms with Crippen molar-refractivity contribution in [1.82, 2.24) is 5.43 Å². The molecule has 0 heterocycles. The number of amides is 1. The first-order valence-corrected chi connectivity index (χ1v) is 5.89. The van der Waals surface area contributed by atoms with Gasteiger partial charge in [0.15, 0.2) is 0 Å². The van der Waals surface area contributed by atoms with Crippen molar-refractivity contribution in [1.29, 1.82) is 0 Å². The number of benzene rings is 1. The first-order valence-electron chi connectivity index (χ1n) is 5.89. The van der Waals surface area contributed by atoms with Crippen molar-refractivity contribution in [3.8, 4) is 0 Å². The monoisotopic (exact) mass is 232 g/mol. The second kappa shape index (κ2) is 6.18. The maximum atomic E-state index is 11.7. The molecule has 0 saturated heterocycles. The Morgan fingerprint density at radius 2 is 1.88 bits per heavy atom. The molecule has 0 radical (unpaired) electrons. The Morgan fingerprint density at radius 1 is 1.29 bits per heavy atom. The molecule has 0 unspecified atom stereocenters. The van der Waals surface area contributed by atoms with Crippen LogP contribution in [0.1, 0.15) is 43.1 Å². The molecule has 1 aromatic carbocycles. The topological polar surface area (TPSA) is 41.5 Å². The molecule has 17 heavy (non-hydrogen) atoms. The summed E-state index contributed by atoms with van der Waals surface area (Å²) in [5.41, 5.74) is 5.29. The van der Waals surface area contributed by atoms with E-state index in [9.17, 15) is 4.79 Å². The van der Waals surface area contributed by atoms with Crippen LogP contribution in [0.4, 0.5) is 0 Å². The van der Waals surface area contributed by atoms with Crippen molar-refractivity contribution < 1.29 is 4.79 Å². The van der Waals surface area contributed by atoms with Crippen molar-refractivity contribution in [2.45, 2.75) is 34.1 Å². The SMILES string of the molecule is C/C(CC(C)C)=N\NC(=O)c1ccc(C)cc1. The van der Waals surface area contributed by atoms with E-state index in [1.165, 1.54) is 0 Å². The summed E-state index contributed by atoms with van der Waals surface area (Å²) in [6.07, 6.45) is 0.897. The van der Waals surface area contributed by atoms with Crippen molar-refractivity contribution in [3.05, 3.63) is 35.4 Å². The van der Waals surface area contributed by atoms with Crippen LogP contribution >= 0.6 is 0 Å². The summed E-state index contributed by atoms with van der Waals surface area (Å²) < 4.78 is 0. The summed E-state index contributed by atoms with van der Waals surface area (Å²) in [6, 6.07) is 7.44. The summed E-state index contributed by atoms with van der Waals surface area (Å²) in [4.78, 5) is 11.7. The highest BCUT2D eigenvalue weighted by Crippen LogP contribution is 2.03. The molecule has 1 rings (SSSR count). The Kier molecular flexibility index (Phi) is 4.88. The van der Waals surface area contributed by atoms with E-state index in [2.05, 4.69) is 24.4 Å². The lowest BCUT2D eigenvalue weighted by molar-refractivity contribution is 0.0954. The summed E-state index contributed by atoms with van der Waals surface area (Å²) in [5, 5.41) is 4.08. The number of rotatable bonds is 4. The molecule has 0 aliphatic carbocycles. The second-order valence-electron chi connectivity index (χ2n) is 4.75. The average Bonchev–Trinajstić information content (AvgIpc) is 2.26. The molecule has 0 aromatic heterocycles. The summed E-state index contributed by atoms with van der Waals surface area (Å²) >= 11 is 0. The van der Waals surface area contributed by atoms with Crippen LogP contribution in [-0.2, 0) is 0 Å². The molecule has 3 nitrogen and oxygen atoms in total. The zero-order valence-corrected chi connectivity index (χ0v) is 10.9. The van der Waals surface area contributed by atoms with E-state index in [1.54, 1.807) is 12.1 Å². The van der Waals surface area contributed by atoms with E-state index in [4.69, 9.17) is 0 Å². The molecule has 0 spiro atoms. The number of hydrogen-bond donors (Lipinski definition) is 1. The van der Waals surface area contributed by atoms with Gasteiger partial charge in [0.05, 0.1) is 0 Å². The van der Waals surface area contributed by atoms with Crippen molar-refractivity contribution in [3.63, 3.8) is 0 Å². The highest BCUT2D eigenvalue weighted by Gasteiger charge is 2.04. The van der Waals surface area contributed by atoms with Gasteiger partial charge in [-0.15, -0.1) is 0 Å². The van der Waals surface area contributed by atoms with Gasteiger partial charge in [-0.1, -0.05) is 31.5 Å². The smallest absolute Gasteiger partial charge is 0.267 e. The summed E-state index contributed by atoms with van der Waals surface area (Å²) in [5.74, 6) is 0.392. The molecule has 0 saturated carbocycles. The fourth-order valence-corrected chi connectivity index (χ4v) is 1.55. The zero-order valence-electron chi connectivity index (χ0n) is 10.9. The van der Waals surface area contributed by atoms with E-state index in [-0.39, 0.29) is 5.91 Å². The standard InChI is InChI=1S/C14H20N2O/c1-10(2)9-12(4)15-16-14(17)13-7-5-11(3)6-8-13/h5-8,10H,9H2,1-4H3,(H,16,17)/b15-12+. The van der Waals surface area contributed by atoms with Gasteiger partial charge in [-0.3, -0.25) is 4.79 Å². The van der Waals surface area contributed by atoms with E-state index in [0.717, 1.165) is 17.7 Å². The maximum Gasteiger partial charge on any atom is 0.271 e. The highest BCUT2D eigenvalue weighted by molar-refractivity contribution is 5.95. The van der Waals surface area contributed by atoms with E-state index in [1.807, 2.05) is 26.0 Å². The third-order valence-electron chi connectivity index (χ3n) is 2.37. The first-order chi connectivity index (χ1) is 7.99. The lowest BCUT2D eigenvalue weighted by Crippen LogP contribution is -2.19. The number of nitrogens with one attached hydrogen (secondary N) is 1. The molecule has 3 heteroatoms. The van der Waals surface area contributed by atoms with Crippen LogP contribution in [0.5, 0.6) is 0 Å². The molecular weight excluding hydrogens is 212 g/mol. The minimum atomic E-state index is -0.159. The Labute approximate surface area is 103 Å². The molecule has 1 aromatic rings. The van der Waals surface area contributed by atoms with Gasteiger partial charge in [-0.05, 0) is 38.3 Å². The second-order valence-corrected chi connectivity index (χ2v) is 4.75. The third kappa shape index (κ3) is 4.81. The average molecular weight is 232 g/mol. The summed E-state index contributed by atoms with van der Waals surface area (Å²) in [7, 11) is 0. The molecule has 0 atom stereocenters. The third-order valence-corrected chi connectivity index (χ3v) is 2.37. The van der Waals surface area contributed by atoms with Crippen LogP contribution in [0.15, 0.2) is 29.4 Å². The molecule has 0 bridgehead atoms. The molecule has 1 amide bonds. The molecule has 1 N–H and O–H groups in total. The van der Waals surface area contributed by atoms with Crippen molar-refractivity contribution >= 4 is 11.6 Å². The summed E-state index contributed by atoms with van der Waals surface area (Å²) in [6.45, 7) is 8.17. The molecule has 0 fully saturated rings. The fraction of sp³-hybridized carbons (Fsp3) is 0.429. The highest BCUT2D eigenvalue weighted by atomic mass is 16.2. The molecular formula is C14H20N2O. The molecule has 0 aliphatic heterocycles. The van der Waals surface area contributed by atoms with Gasteiger partial charge < -0.3 is 0 Å². The van der Waals surface area contributed by atoms with Gasteiger partial charge in [0.2, 0.25) is 0 Å². The molecule has 0 aliphatic rings. The lowest BCUT2D eigenvalue weighted by Gasteiger charge is -2.05. The Bertz CT molecular complexity index is 405. The minimum absolute atomic E-state index is 0.159. The van der Waals surface area contributed by atoms with E-state index >= 15 is 0 Å². The molecule has 92 valence electrons. The van der Waals surface area contributed by atoms with Crippen LogP contribution in [-0.4, -0.2) is 11.6 Å². The number of hydrazone groups is 1. The quantitative estimate of drug-likeness (QED) is 0.629. The Morgan fingerprint density at radius 3 is 2.41 bits per heavy atom.